The Labute approximate surface area is 89.9 Å². The summed E-state index contributed by atoms with van der Waals surface area (Å²) < 4.78 is 0. The number of hydrogen-bond acceptors (Lipinski definition) is 1. The zero-order valence-electron chi connectivity index (χ0n) is 10.5. The van der Waals surface area contributed by atoms with Crippen molar-refractivity contribution in [1.29, 1.82) is 0 Å². The summed E-state index contributed by atoms with van der Waals surface area (Å²) in [4.78, 5) is 2.69. The molecule has 0 amide bonds. The largest absolute Gasteiger partial charge is 0.300 e. The fourth-order valence-corrected chi connectivity index (χ4v) is 2.55. The molecule has 14 heavy (non-hydrogen) atoms. The second-order valence-corrected chi connectivity index (χ2v) is 5.92. The van der Waals surface area contributed by atoms with Gasteiger partial charge in [-0.2, -0.15) is 0 Å². The van der Waals surface area contributed by atoms with Gasteiger partial charge >= 0.3 is 0 Å². The topological polar surface area (TPSA) is 3.24 Å². The molecule has 0 aromatic heterocycles. The molecule has 0 bridgehead atoms. The highest BCUT2D eigenvalue weighted by Gasteiger charge is 2.23. The average molecular weight is 197 g/mol. The molecule has 0 saturated heterocycles. The Morgan fingerprint density at radius 2 is 1.64 bits per heavy atom. The lowest BCUT2D eigenvalue weighted by molar-refractivity contribution is 0.117. The third-order valence-corrected chi connectivity index (χ3v) is 3.17. The van der Waals surface area contributed by atoms with Crippen molar-refractivity contribution >= 4 is 0 Å². The van der Waals surface area contributed by atoms with Gasteiger partial charge in [-0.15, -0.1) is 0 Å². The predicted octanol–water partition coefficient (Wildman–Crippen LogP) is 3.69. The highest BCUT2D eigenvalue weighted by molar-refractivity contribution is 4.78. The molecule has 0 heterocycles. The van der Waals surface area contributed by atoms with Crippen molar-refractivity contribution < 1.29 is 0 Å². The Bertz CT molecular complexity index is 151. The molecule has 0 unspecified atom stereocenters. The highest BCUT2D eigenvalue weighted by Crippen LogP contribution is 2.25. The predicted molar refractivity (Wildman–Crippen MR) is 63.6 cm³/mol. The molecule has 0 atom stereocenters. The minimum atomic E-state index is 0.452. The minimum absolute atomic E-state index is 0.452. The van der Waals surface area contributed by atoms with Crippen LogP contribution in [0.5, 0.6) is 0 Å². The first-order valence-corrected chi connectivity index (χ1v) is 6.27. The summed E-state index contributed by atoms with van der Waals surface area (Å²) in [5.74, 6) is 0. The van der Waals surface area contributed by atoms with E-state index in [9.17, 15) is 0 Å². The van der Waals surface area contributed by atoms with E-state index in [4.69, 9.17) is 0 Å². The van der Waals surface area contributed by atoms with Crippen LogP contribution in [0.25, 0.3) is 0 Å². The van der Waals surface area contributed by atoms with Gasteiger partial charge < -0.3 is 4.90 Å². The molecule has 1 nitrogen and oxygen atoms in total. The molecule has 1 saturated carbocycles. The summed E-state index contributed by atoms with van der Waals surface area (Å²) in [6.45, 7) is 11.8. The Balaban J connectivity index is 2.43. The Morgan fingerprint density at radius 1 is 1.07 bits per heavy atom. The zero-order chi connectivity index (χ0) is 10.6. The highest BCUT2D eigenvalue weighted by atomic mass is 15.2. The first-order valence-electron chi connectivity index (χ1n) is 6.27. The van der Waals surface area contributed by atoms with E-state index in [0.717, 1.165) is 6.04 Å². The fraction of sp³-hybridized carbons (Fsp3) is 1.00. The van der Waals surface area contributed by atoms with Crippen molar-refractivity contribution in [3.05, 3.63) is 0 Å². The van der Waals surface area contributed by atoms with E-state index in [1.807, 2.05) is 0 Å². The first-order chi connectivity index (χ1) is 6.53. The molecule has 84 valence electrons. The second kappa shape index (κ2) is 5.16. The van der Waals surface area contributed by atoms with E-state index < -0.39 is 0 Å². The minimum Gasteiger partial charge on any atom is -0.300 e. The maximum Gasteiger partial charge on any atom is 0.00953 e. The van der Waals surface area contributed by atoms with Crippen LogP contribution in [-0.2, 0) is 0 Å². The van der Waals surface area contributed by atoms with E-state index >= 15 is 0 Å². The lowest BCUT2D eigenvalue weighted by atomic mass is 9.90. The van der Waals surface area contributed by atoms with Crippen molar-refractivity contribution in [2.45, 2.75) is 65.8 Å². The molecule has 1 aliphatic rings. The van der Waals surface area contributed by atoms with Crippen LogP contribution in [0.3, 0.4) is 0 Å². The molecule has 0 N–H and O–H groups in total. The normalized spacial score (nSPS) is 20.4. The zero-order valence-corrected chi connectivity index (χ0v) is 10.5. The summed E-state index contributed by atoms with van der Waals surface area (Å²) in [6, 6.07) is 0.882. The van der Waals surface area contributed by atoms with Gasteiger partial charge in [0.15, 0.2) is 0 Å². The quantitative estimate of drug-likeness (QED) is 0.667. The molecule has 0 radical (unpaired) electrons. The van der Waals surface area contributed by atoms with E-state index in [2.05, 4.69) is 32.6 Å². The number of nitrogens with zero attached hydrogens (tertiary/aromatic N) is 1. The molecule has 0 spiro atoms. The SMILES string of the molecule is CCN(CC(C)(C)C)C1CCCCC1. The molecule has 1 heteroatoms. The maximum absolute atomic E-state index is 2.69. The van der Waals surface area contributed by atoms with Crippen molar-refractivity contribution in [2.75, 3.05) is 13.1 Å². The molecule has 1 fully saturated rings. The van der Waals surface area contributed by atoms with Crippen LogP contribution in [0.4, 0.5) is 0 Å². The third-order valence-electron chi connectivity index (χ3n) is 3.17. The summed E-state index contributed by atoms with van der Waals surface area (Å²) in [5.41, 5.74) is 0.452. The monoisotopic (exact) mass is 197 g/mol. The van der Waals surface area contributed by atoms with Gasteiger partial charge in [-0.05, 0) is 24.8 Å². The van der Waals surface area contributed by atoms with E-state index in [1.165, 1.54) is 45.2 Å². The van der Waals surface area contributed by atoms with Crippen molar-refractivity contribution in [2.24, 2.45) is 5.41 Å². The van der Waals surface area contributed by atoms with E-state index in [-0.39, 0.29) is 0 Å². The van der Waals surface area contributed by atoms with Gasteiger partial charge in [0, 0.05) is 12.6 Å². The Hall–Kier alpha value is -0.0400. The van der Waals surface area contributed by atoms with Crippen LogP contribution in [0.2, 0.25) is 0 Å². The van der Waals surface area contributed by atoms with Crippen LogP contribution in [-0.4, -0.2) is 24.0 Å². The van der Waals surface area contributed by atoms with Crippen LogP contribution in [0.15, 0.2) is 0 Å². The molecule has 1 aliphatic carbocycles. The average Bonchev–Trinajstić information content (AvgIpc) is 2.14. The molecular formula is C13H27N. The van der Waals surface area contributed by atoms with Crippen LogP contribution in [0.1, 0.15) is 59.8 Å². The summed E-state index contributed by atoms with van der Waals surface area (Å²) in [6.07, 6.45) is 7.23. The lowest BCUT2D eigenvalue weighted by Gasteiger charge is -2.37. The van der Waals surface area contributed by atoms with Gasteiger partial charge in [-0.3, -0.25) is 0 Å². The smallest absolute Gasteiger partial charge is 0.00953 e. The number of rotatable bonds is 3. The first kappa shape index (κ1) is 12.0. The fourth-order valence-electron chi connectivity index (χ4n) is 2.55. The van der Waals surface area contributed by atoms with Gasteiger partial charge in [0.2, 0.25) is 0 Å². The third kappa shape index (κ3) is 4.00. The molecule has 0 aliphatic heterocycles. The maximum atomic E-state index is 2.69. The molecule has 0 aromatic rings. The Morgan fingerprint density at radius 3 is 2.07 bits per heavy atom. The lowest BCUT2D eigenvalue weighted by Crippen LogP contribution is -2.41. The van der Waals surface area contributed by atoms with Gasteiger partial charge in [-0.25, -0.2) is 0 Å². The van der Waals surface area contributed by atoms with Crippen LogP contribution in [0, 0.1) is 5.41 Å². The molecular weight excluding hydrogens is 170 g/mol. The van der Waals surface area contributed by atoms with Crippen molar-refractivity contribution in [1.82, 2.24) is 4.90 Å². The van der Waals surface area contributed by atoms with Crippen molar-refractivity contribution in [3.8, 4) is 0 Å². The summed E-state index contributed by atoms with van der Waals surface area (Å²) >= 11 is 0. The standard InChI is InChI=1S/C13H27N/c1-5-14(11-13(2,3)4)12-9-7-6-8-10-12/h12H,5-11H2,1-4H3. The van der Waals surface area contributed by atoms with E-state index in [1.54, 1.807) is 0 Å². The summed E-state index contributed by atoms with van der Waals surface area (Å²) in [5, 5.41) is 0. The van der Waals surface area contributed by atoms with Gasteiger partial charge in [0.1, 0.15) is 0 Å². The van der Waals surface area contributed by atoms with Crippen molar-refractivity contribution in [3.63, 3.8) is 0 Å². The van der Waals surface area contributed by atoms with Gasteiger partial charge in [-0.1, -0.05) is 47.0 Å². The summed E-state index contributed by atoms with van der Waals surface area (Å²) in [7, 11) is 0. The molecule has 1 rings (SSSR count). The van der Waals surface area contributed by atoms with Crippen LogP contribution >= 0.6 is 0 Å². The van der Waals surface area contributed by atoms with Crippen LogP contribution < -0.4 is 0 Å². The second-order valence-electron chi connectivity index (χ2n) is 5.92. The van der Waals surface area contributed by atoms with Gasteiger partial charge in [0.25, 0.3) is 0 Å². The molecule has 0 aromatic carbocycles. The Kier molecular flexibility index (Phi) is 4.43. The number of hydrogen-bond donors (Lipinski definition) is 0. The van der Waals surface area contributed by atoms with Gasteiger partial charge in [0.05, 0.1) is 0 Å². The van der Waals surface area contributed by atoms with E-state index in [0.29, 0.717) is 5.41 Å².